The molecule has 7 heterocycles. The fraction of sp³-hybridized carbons (Fsp3) is 0.233. The van der Waals surface area contributed by atoms with Crippen molar-refractivity contribution in [3.63, 3.8) is 0 Å². The van der Waals surface area contributed by atoms with Gasteiger partial charge in [0.25, 0.3) is 11.8 Å². The normalized spacial score (nSPS) is 18.9. The number of rotatable bonds is 11. The molecule has 16 nitrogen and oxygen atoms in total. The van der Waals surface area contributed by atoms with Crippen molar-refractivity contribution in [2.45, 2.75) is 49.5 Å². The number of nitrogens with zero attached hydrogens (tertiary/aromatic N) is 4. The minimum Gasteiger partial charge on any atom is -0.436 e. The summed E-state index contributed by atoms with van der Waals surface area (Å²) in [6.45, 7) is 0.803. The van der Waals surface area contributed by atoms with Gasteiger partial charge in [-0.2, -0.15) is 0 Å². The van der Waals surface area contributed by atoms with E-state index >= 15 is 0 Å². The molecule has 2 aliphatic rings. The van der Waals surface area contributed by atoms with Gasteiger partial charge < -0.3 is 40.1 Å². The molecule has 0 radical (unpaired) electrons. The molecule has 0 bridgehead atoms. The Hall–Kier alpha value is -7.01. The van der Waals surface area contributed by atoms with Crippen molar-refractivity contribution in [3.8, 4) is 22.8 Å². The van der Waals surface area contributed by atoms with E-state index in [0.29, 0.717) is 99.7 Å². The number of hydrogen-bond donors (Lipinski definition) is 7. The van der Waals surface area contributed by atoms with E-state index in [2.05, 4.69) is 40.9 Å². The molecule has 0 saturated carbocycles. The maximum absolute atomic E-state index is 13.8. The van der Waals surface area contributed by atoms with E-state index < -0.39 is 41.4 Å². The number of carbonyl (C=O) groups excluding carboxylic acids is 4. The number of pyridine rings is 2. The molecule has 16 heteroatoms. The van der Waals surface area contributed by atoms with Crippen molar-refractivity contribution in [1.82, 2.24) is 35.1 Å². The molecule has 59 heavy (non-hydrogen) atoms. The Bertz CT molecular complexity index is 2700. The van der Waals surface area contributed by atoms with Gasteiger partial charge in [-0.05, 0) is 105 Å². The number of likely N-dealkylation sites (tertiary alicyclic amines) is 1. The number of amides is 3. The molecular formula is C43H39N9O7. The number of benzene rings is 2. The molecule has 2 aromatic carbocycles. The minimum absolute atomic E-state index is 0.233. The van der Waals surface area contributed by atoms with Gasteiger partial charge in [-0.25, -0.2) is 15.0 Å². The molecule has 7 aromatic rings. The third-order valence-corrected chi connectivity index (χ3v) is 11.2. The van der Waals surface area contributed by atoms with Gasteiger partial charge in [0.15, 0.2) is 23.2 Å². The zero-order valence-corrected chi connectivity index (χ0v) is 31.5. The SMILES string of the molecule is O=C(Nc1ccc(-c2cnc(-c3ccc(NC(=O)[C@@]4(C(=O)C(O)c5c[nH]c6ncccc56)CCCN4)cc3)o2)cc1)[C@@H]1CCCN1C(=O)C(O)c1c[nH]c2ncccc12. The smallest absolute Gasteiger partial charge is 0.256 e. The third-order valence-electron chi connectivity index (χ3n) is 11.2. The van der Waals surface area contributed by atoms with Gasteiger partial charge in [-0.3, -0.25) is 24.5 Å². The second-order valence-corrected chi connectivity index (χ2v) is 14.7. The first kappa shape index (κ1) is 37.6. The average Bonchev–Trinajstić information content (AvgIpc) is 4.13. The number of fused-ring (bicyclic) bond motifs is 2. The maximum atomic E-state index is 13.8. The van der Waals surface area contributed by atoms with Crippen molar-refractivity contribution in [2.75, 3.05) is 23.7 Å². The van der Waals surface area contributed by atoms with Crippen molar-refractivity contribution < 1.29 is 33.8 Å². The Morgan fingerprint density at radius 1 is 0.780 bits per heavy atom. The Kier molecular flexibility index (Phi) is 9.80. The van der Waals surface area contributed by atoms with E-state index in [4.69, 9.17) is 4.42 Å². The van der Waals surface area contributed by atoms with Crippen LogP contribution in [0.5, 0.6) is 0 Å². The van der Waals surface area contributed by atoms with Gasteiger partial charge in [0.2, 0.25) is 11.8 Å². The van der Waals surface area contributed by atoms with Crippen LogP contribution in [0.15, 0.2) is 108 Å². The Morgan fingerprint density at radius 3 is 2.05 bits per heavy atom. The lowest BCUT2D eigenvalue weighted by molar-refractivity contribution is -0.144. The largest absolute Gasteiger partial charge is 0.436 e. The summed E-state index contributed by atoms with van der Waals surface area (Å²) >= 11 is 0. The van der Waals surface area contributed by atoms with Crippen LogP contribution in [0.2, 0.25) is 0 Å². The molecule has 2 aliphatic heterocycles. The molecule has 4 atom stereocenters. The van der Waals surface area contributed by atoms with E-state index in [9.17, 15) is 29.4 Å². The van der Waals surface area contributed by atoms with Gasteiger partial charge in [-0.1, -0.05) is 0 Å². The summed E-state index contributed by atoms with van der Waals surface area (Å²) in [5.74, 6) is -1.26. The lowest BCUT2D eigenvalue weighted by Crippen LogP contribution is -2.58. The van der Waals surface area contributed by atoms with Crippen LogP contribution in [-0.4, -0.2) is 88.2 Å². The number of carbonyl (C=O) groups is 4. The molecule has 2 fully saturated rings. The highest BCUT2D eigenvalue weighted by Gasteiger charge is 2.50. The number of aromatic nitrogens is 5. The number of oxazole rings is 1. The quantitative estimate of drug-likeness (QED) is 0.0881. The first-order chi connectivity index (χ1) is 28.7. The Labute approximate surface area is 336 Å². The molecule has 2 unspecified atom stereocenters. The Balaban J connectivity index is 0.824. The molecule has 3 amide bonds. The van der Waals surface area contributed by atoms with Crippen LogP contribution in [0.25, 0.3) is 44.8 Å². The lowest BCUT2D eigenvalue weighted by Gasteiger charge is -2.29. The lowest BCUT2D eigenvalue weighted by atomic mass is 9.85. The molecule has 2 saturated heterocycles. The fourth-order valence-electron chi connectivity index (χ4n) is 8.05. The number of aromatic amines is 2. The van der Waals surface area contributed by atoms with E-state index in [1.807, 2.05) is 0 Å². The first-order valence-corrected chi connectivity index (χ1v) is 19.3. The number of H-pyrrole nitrogens is 2. The van der Waals surface area contributed by atoms with E-state index in [1.54, 1.807) is 104 Å². The average molecular weight is 794 g/mol. The summed E-state index contributed by atoms with van der Waals surface area (Å²) in [4.78, 5) is 74.5. The molecule has 298 valence electrons. The monoisotopic (exact) mass is 793 g/mol. The number of Topliss-reactive ketones (excluding diaryl/α,β-unsaturated/α-hetero) is 1. The molecule has 5 aromatic heterocycles. The number of nitrogens with one attached hydrogen (secondary N) is 5. The summed E-state index contributed by atoms with van der Waals surface area (Å²) in [5, 5.41) is 32.2. The minimum atomic E-state index is -1.61. The molecule has 0 spiro atoms. The zero-order chi connectivity index (χ0) is 40.7. The second kappa shape index (κ2) is 15.4. The third kappa shape index (κ3) is 6.92. The zero-order valence-electron chi connectivity index (χ0n) is 31.5. The number of anilines is 2. The van der Waals surface area contributed by atoms with E-state index in [1.165, 1.54) is 4.90 Å². The number of aliphatic hydroxyl groups is 2. The summed E-state index contributed by atoms with van der Waals surface area (Å²) in [6.07, 6.45) is 6.86. The summed E-state index contributed by atoms with van der Waals surface area (Å²) in [7, 11) is 0. The van der Waals surface area contributed by atoms with Gasteiger partial charge in [0.1, 0.15) is 23.4 Å². The van der Waals surface area contributed by atoms with Crippen LogP contribution in [-0.2, 0) is 19.2 Å². The highest BCUT2D eigenvalue weighted by molar-refractivity contribution is 6.17. The van der Waals surface area contributed by atoms with Crippen LogP contribution < -0.4 is 16.0 Å². The van der Waals surface area contributed by atoms with Crippen molar-refractivity contribution in [2.24, 2.45) is 0 Å². The molecule has 0 aliphatic carbocycles. The number of aliphatic hydroxyl groups excluding tert-OH is 2. The van der Waals surface area contributed by atoms with Crippen LogP contribution in [0.1, 0.15) is 49.0 Å². The van der Waals surface area contributed by atoms with Gasteiger partial charge >= 0.3 is 0 Å². The number of hydrogen-bond acceptors (Lipinski definition) is 11. The fourth-order valence-corrected chi connectivity index (χ4v) is 8.05. The van der Waals surface area contributed by atoms with E-state index in [0.717, 1.165) is 0 Å². The van der Waals surface area contributed by atoms with Crippen LogP contribution >= 0.6 is 0 Å². The highest BCUT2D eigenvalue weighted by Crippen LogP contribution is 2.34. The molecular weight excluding hydrogens is 755 g/mol. The highest BCUT2D eigenvalue weighted by atomic mass is 16.4. The second-order valence-electron chi connectivity index (χ2n) is 14.7. The predicted molar refractivity (Wildman–Crippen MR) is 216 cm³/mol. The summed E-state index contributed by atoms with van der Waals surface area (Å²) in [5.41, 5.74) is 2.59. The van der Waals surface area contributed by atoms with Crippen molar-refractivity contribution >= 4 is 56.9 Å². The Morgan fingerprint density at radius 2 is 1.41 bits per heavy atom. The summed E-state index contributed by atoms with van der Waals surface area (Å²) < 4.78 is 6.07. The first-order valence-electron chi connectivity index (χ1n) is 19.3. The van der Waals surface area contributed by atoms with Gasteiger partial charge in [0.05, 0.1) is 6.20 Å². The van der Waals surface area contributed by atoms with E-state index in [-0.39, 0.29) is 12.3 Å². The number of ketones is 1. The van der Waals surface area contributed by atoms with Crippen LogP contribution in [0.3, 0.4) is 0 Å². The van der Waals surface area contributed by atoms with Crippen LogP contribution in [0, 0.1) is 0 Å². The maximum Gasteiger partial charge on any atom is 0.256 e. The molecule has 9 rings (SSSR count). The van der Waals surface area contributed by atoms with Gasteiger partial charge in [-0.15, -0.1) is 0 Å². The van der Waals surface area contributed by atoms with Crippen molar-refractivity contribution in [3.05, 3.63) is 115 Å². The molecule has 7 N–H and O–H groups in total. The topological polar surface area (TPSA) is 231 Å². The van der Waals surface area contributed by atoms with Crippen molar-refractivity contribution in [1.29, 1.82) is 0 Å². The summed E-state index contributed by atoms with van der Waals surface area (Å²) in [6, 6.07) is 20.1. The van der Waals surface area contributed by atoms with Crippen LogP contribution in [0.4, 0.5) is 11.4 Å². The predicted octanol–water partition coefficient (Wildman–Crippen LogP) is 4.79. The van der Waals surface area contributed by atoms with Gasteiger partial charge in [0, 0.05) is 75.7 Å². The standard InChI is InChI=1S/C43H39N9O7/c53-34(30-21-46-37-28(30)5-1-17-44-37)36(55)43(16-4-19-49-43)42(58)51-27-14-10-25(11-15-27)40-48-23-33(59-40)24-8-12-26(13-9-24)50-39(56)32-7-3-20-52(32)41(57)35(54)31-22-47-38-29(31)6-2-18-45-38/h1-2,5-6,8-15,17-18,21-23,32,34-35,49,53-54H,3-4,7,16,19-20H2,(H,44,46)(H,45,47)(H,50,56)(H,51,58)/t32-,34?,35?,43-/m0/s1.